The van der Waals surface area contributed by atoms with Gasteiger partial charge in [0.1, 0.15) is 12.0 Å². The van der Waals surface area contributed by atoms with E-state index in [-0.39, 0.29) is 17.8 Å². The Labute approximate surface area is 159 Å². The van der Waals surface area contributed by atoms with Gasteiger partial charge in [0.2, 0.25) is 11.8 Å². The number of likely N-dealkylation sites (N-methyl/N-ethyl adjacent to an activating group) is 1. The van der Waals surface area contributed by atoms with Crippen molar-refractivity contribution in [3.05, 3.63) is 65.2 Å². The predicted octanol–water partition coefficient (Wildman–Crippen LogP) is 3.39. The van der Waals surface area contributed by atoms with E-state index in [1.54, 1.807) is 18.2 Å². The molecule has 1 N–H and O–H groups in total. The minimum Gasteiger partial charge on any atom is -0.344 e. The van der Waals surface area contributed by atoms with Crippen LogP contribution < -0.4 is 5.32 Å². The van der Waals surface area contributed by atoms with Gasteiger partial charge in [-0.25, -0.2) is 0 Å². The van der Waals surface area contributed by atoms with Gasteiger partial charge in [-0.2, -0.15) is 18.4 Å². The lowest BCUT2D eigenvalue weighted by Crippen LogP contribution is -2.32. The third-order valence-electron chi connectivity index (χ3n) is 4.77. The first-order valence-electron chi connectivity index (χ1n) is 8.44. The standard InChI is InChI=1S/C20H16F3N3O2/c1-26-11-15(12-6-8-14(9-7-12)20(21,22)23)17(19(26)28)18(27)25-16-5-3-2-4-13(16)10-24/h2-9,15,17H,11H2,1H3,(H,25,27)/t15-,17+/m1/s1. The molecule has 144 valence electrons. The summed E-state index contributed by atoms with van der Waals surface area (Å²) in [6, 6.07) is 12.8. The Bertz CT molecular complexity index is 948. The van der Waals surface area contributed by atoms with Crippen LogP contribution in [0.5, 0.6) is 0 Å². The van der Waals surface area contributed by atoms with Crippen LogP contribution in [0.2, 0.25) is 0 Å². The molecule has 1 fully saturated rings. The molecule has 1 aliphatic heterocycles. The lowest BCUT2D eigenvalue weighted by Gasteiger charge is -2.18. The molecular weight excluding hydrogens is 371 g/mol. The number of carbonyl (C=O) groups excluding carboxylic acids is 2. The number of alkyl halides is 3. The zero-order valence-corrected chi connectivity index (χ0v) is 14.8. The monoisotopic (exact) mass is 387 g/mol. The quantitative estimate of drug-likeness (QED) is 0.821. The number of nitrogens with one attached hydrogen (secondary N) is 1. The van der Waals surface area contributed by atoms with Crippen molar-refractivity contribution in [2.75, 3.05) is 18.9 Å². The largest absolute Gasteiger partial charge is 0.416 e. The van der Waals surface area contributed by atoms with E-state index in [4.69, 9.17) is 5.26 Å². The number of anilines is 1. The summed E-state index contributed by atoms with van der Waals surface area (Å²) >= 11 is 0. The number of hydrogen-bond donors (Lipinski definition) is 1. The predicted molar refractivity (Wildman–Crippen MR) is 95.1 cm³/mol. The van der Waals surface area contributed by atoms with Crippen molar-refractivity contribution in [1.82, 2.24) is 4.90 Å². The summed E-state index contributed by atoms with van der Waals surface area (Å²) in [5, 5.41) is 11.7. The van der Waals surface area contributed by atoms with Crippen molar-refractivity contribution in [2.24, 2.45) is 5.92 Å². The molecule has 8 heteroatoms. The molecule has 28 heavy (non-hydrogen) atoms. The SMILES string of the molecule is CN1C[C@H](c2ccc(C(F)(F)F)cc2)[C@@H](C(=O)Nc2ccccc2C#N)C1=O. The summed E-state index contributed by atoms with van der Waals surface area (Å²) in [4.78, 5) is 26.7. The van der Waals surface area contributed by atoms with Gasteiger partial charge < -0.3 is 10.2 Å². The first-order chi connectivity index (χ1) is 13.2. The van der Waals surface area contributed by atoms with E-state index in [1.807, 2.05) is 6.07 Å². The fraction of sp³-hybridized carbons (Fsp3) is 0.250. The maximum Gasteiger partial charge on any atom is 0.416 e. The fourth-order valence-electron chi connectivity index (χ4n) is 3.31. The maximum atomic E-state index is 12.8. The molecule has 2 aromatic carbocycles. The number of hydrogen-bond acceptors (Lipinski definition) is 3. The van der Waals surface area contributed by atoms with Crippen LogP contribution >= 0.6 is 0 Å². The molecule has 0 saturated carbocycles. The topological polar surface area (TPSA) is 73.2 Å². The van der Waals surface area contributed by atoms with Gasteiger partial charge in [0.05, 0.1) is 16.8 Å². The molecule has 0 bridgehead atoms. The highest BCUT2D eigenvalue weighted by Crippen LogP contribution is 2.36. The van der Waals surface area contributed by atoms with Crippen LogP contribution in [0.25, 0.3) is 0 Å². The summed E-state index contributed by atoms with van der Waals surface area (Å²) in [6.45, 7) is 0.210. The number of likely N-dealkylation sites (tertiary alicyclic amines) is 1. The third-order valence-corrected chi connectivity index (χ3v) is 4.77. The number of rotatable bonds is 3. The van der Waals surface area contributed by atoms with Crippen molar-refractivity contribution >= 4 is 17.5 Å². The summed E-state index contributed by atoms with van der Waals surface area (Å²) in [6.07, 6.45) is -4.46. The van der Waals surface area contributed by atoms with Crippen molar-refractivity contribution in [2.45, 2.75) is 12.1 Å². The number of nitrogens with zero attached hydrogens (tertiary/aromatic N) is 2. The normalized spacial score (nSPS) is 19.4. The molecule has 0 aliphatic carbocycles. The van der Waals surface area contributed by atoms with Gasteiger partial charge >= 0.3 is 6.18 Å². The van der Waals surface area contributed by atoms with Crippen LogP contribution in [-0.4, -0.2) is 30.3 Å². The second-order valence-corrected chi connectivity index (χ2v) is 6.57. The highest BCUT2D eigenvalue weighted by atomic mass is 19.4. The number of nitriles is 1. The third kappa shape index (κ3) is 3.69. The molecule has 5 nitrogen and oxygen atoms in total. The lowest BCUT2D eigenvalue weighted by atomic mass is 9.87. The number of amides is 2. The molecular formula is C20H16F3N3O2. The lowest BCUT2D eigenvalue weighted by molar-refractivity contribution is -0.138. The average Bonchev–Trinajstić information content (AvgIpc) is 2.96. The van der Waals surface area contributed by atoms with E-state index in [0.717, 1.165) is 12.1 Å². The zero-order chi connectivity index (χ0) is 20.5. The van der Waals surface area contributed by atoms with Gasteiger partial charge in [-0.15, -0.1) is 0 Å². The fourth-order valence-corrected chi connectivity index (χ4v) is 3.31. The molecule has 0 unspecified atom stereocenters. The van der Waals surface area contributed by atoms with Gasteiger partial charge in [0.15, 0.2) is 0 Å². The molecule has 1 heterocycles. The van der Waals surface area contributed by atoms with Gasteiger partial charge in [0, 0.05) is 19.5 Å². The molecule has 0 aromatic heterocycles. The molecule has 2 amide bonds. The van der Waals surface area contributed by atoms with Crippen LogP contribution in [0.1, 0.15) is 22.6 Å². The van der Waals surface area contributed by atoms with E-state index < -0.39 is 35.4 Å². The maximum absolute atomic E-state index is 12.8. The Morgan fingerprint density at radius 2 is 1.82 bits per heavy atom. The van der Waals surface area contributed by atoms with Gasteiger partial charge in [-0.3, -0.25) is 9.59 Å². The number of halogens is 3. The van der Waals surface area contributed by atoms with E-state index in [1.165, 1.54) is 30.1 Å². The van der Waals surface area contributed by atoms with Crippen LogP contribution in [0.3, 0.4) is 0 Å². The summed E-state index contributed by atoms with van der Waals surface area (Å²) in [7, 11) is 1.54. The van der Waals surface area contributed by atoms with E-state index in [2.05, 4.69) is 5.32 Å². The summed E-state index contributed by atoms with van der Waals surface area (Å²) < 4.78 is 38.4. The van der Waals surface area contributed by atoms with Gasteiger partial charge in [-0.05, 0) is 29.8 Å². The zero-order valence-electron chi connectivity index (χ0n) is 14.8. The van der Waals surface area contributed by atoms with E-state index in [0.29, 0.717) is 5.56 Å². The number of benzene rings is 2. The Hall–Kier alpha value is -3.34. The number of para-hydroxylation sites is 1. The number of carbonyl (C=O) groups is 2. The molecule has 0 radical (unpaired) electrons. The van der Waals surface area contributed by atoms with Crippen molar-refractivity contribution < 1.29 is 22.8 Å². The first kappa shape index (κ1) is 19.4. The molecule has 1 aliphatic rings. The minimum absolute atomic E-state index is 0.210. The van der Waals surface area contributed by atoms with E-state index in [9.17, 15) is 22.8 Å². The highest BCUT2D eigenvalue weighted by Gasteiger charge is 2.44. The van der Waals surface area contributed by atoms with Crippen LogP contribution in [0.15, 0.2) is 48.5 Å². The minimum atomic E-state index is -4.46. The Morgan fingerprint density at radius 3 is 2.43 bits per heavy atom. The molecule has 1 saturated heterocycles. The highest BCUT2D eigenvalue weighted by molar-refractivity contribution is 6.08. The molecule has 2 aromatic rings. The summed E-state index contributed by atoms with van der Waals surface area (Å²) in [5.41, 5.74) is 0.210. The molecule has 0 spiro atoms. The molecule has 3 rings (SSSR count). The average molecular weight is 387 g/mol. The Kier molecular flexibility index (Phi) is 5.10. The van der Waals surface area contributed by atoms with Crippen LogP contribution in [0.4, 0.5) is 18.9 Å². The summed E-state index contributed by atoms with van der Waals surface area (Å²) in [5.74, 6) is -2.69. The Morgan fingerprint density at radius 1 is 1.18 bits per heavy atom. The van der Waals surface area contributed by atoms with E-state index >= 15 is 0 Å². The van der Waals surface area contributed by atoms with Crippen LogP contribution in [0, 0.1) is 17.2 Å². The van der Waals surface area contributed by atoms with Gasteiger partial charge in [-0.1, -0.05) is 24.3 Å². The van der Waals surface area contributed by atoms with Crippen molar-refractivity contribution in [3.63, 3.8) is 0 Å². The smallest absolute Gasteiger partial charge is 0.344 e. The molecule has 2 atom stereocenters. The Balaban J connectivity index is 1.88. The first-order valence-corrected chi connectivity index (χ1v) is 8.44. The van der Waals surface area contributed by atoms with Crippen molar-refractivity contribution in [3.8, 4) is 6.07 Å². The van der Waals surface area contributed by atoms with Crippen LogP contribution in [-0.2, 0) is 15.8 Å². The second kappa shape index (κ2) is 7.35. The second-order valence-electron chi connectivity index (χ2n) is 6.57. The van der Waals surface area contributed by atoms with Crippen molar-refractivity contribution in [1.29, 1.82) is 5.26 Å². The van der Waals surface area contributed by atoms with Gasteiger partial charge in [0.25, 0.3) is 0 Å².